The predicted octanol–water partition coefficient (Wildman–Crippen LogP) is 2.30. The maximum absolute atomic E-state index is 13.2. The van der Waals surface area contributed by atoms with E-state index in [4.69, 9.17) is 5.26 Å². The summed E-state index contributed by atoms with van der Waals surface area (Å²) in [5, 5.41) is 11.6. The molecule has 0 aliphatic carbocycles. The molecule has 1 N–H and O–H groups in total. The highest BCUT2D eigenvalue weighted by Crippen LogP contribution is 2.23. The fourth-order valence-corrected chi connectivity index (χ4v) is 1.35. The van der Waals surface area contributed by atoms with Gasteiger partial charge in [-0.15, -0.1) is 0 Å². The molecule has 0 unspecified atom stereocenters. The molecular weight excluding hydrogens is 167 g/mol. The third-order valence-corrected chi connectivity index (χ3v) is 1.98. The number of rotatable bonds is 2. The van der Waals surface area contributed by atoms with Crippen LogP contribution in [-0.2, 0) is 6.42 Å². The second-order valence-corrected chi connectivity index (χ2v) is 2.66. The van der Waals surface area contributed by atoms with Crippen molar-refractivity contribution >= 4 is 5.69 Å². The van der Waals surface area contributed by atoms with Gasteiger partial charge >= 0.3 is 0 Å². The summed E-state index contributed by atoms with van der Waals surface area (Å²) in [5.74, 6) is -0.258. The SMILES string of the molecule is CCc1c(F)ccc(C#N)c1NC. The second kappa shape index (κ2) is 3.90. The molecule has 0 aliphatic rings. The third kappa shape index (κ3) is 1.62. The second-order valence-electron chi connectivity index (χ2n) is 2.66. The van der Waals surface area contributed by atoms with Gasteiger partial charge in [0.2, 0.25) is 0 Å². The quantitative estimate of drug-likeness (QED) is 0.754. The smallest absolute Gasteiger partial charge is 0.128 e. The van der Waals surface area contributed by atoms with Crippen LogP contribution >= 0.6 is 0 Å². The van der Waals surface area contributed by atoms with Crippen LogP contribution in [0.5, 0.6) is 0 Å². The number of halogens is 1. The molecule has 0 atom stereocenters. The van der Waals surface area contributed by atoms with Crippen molar-refractivity contribution in [3.8, 4) is 6.07 Å². The van der Waals surface area contributed by atoms with Crippen LogP contribution in [0.25, 0.3) is 0 Å². The van der Waals surface area contributed by atoms with Crippen molar-refractivity contribution in [1.29, 1.82) is 5.26 Å². The lowest BCUT2D eigenvalue weighted by molar-refractivity contribution is 0.613. The monoisotopic (exact) mass is 178 g/mol. The van der Waals surface area contributed by atoms with E-state index in [1.165, 1.54) is 12.1 Å². The fraction of sp³-hybridized carbons (Fsp3) is 0.300. The molecule has 0 heterocycles. The number of hydrogen-bond donors (Lipinski definition) is 1. The van der Waals surface area contributed by atoms with Crippen molar-refractivity contribution in [2.45, 2.75) is 13.3 Å². The lowest BCUT2D eigenvalue weighted by atomic mass is 10.1. The molecule has 0 fully saturated rings. The van der Waals surface area contributed by atoms with E-state index in [-0.39, 0.29) is 5.82 Å². The first-order valence-corrected chi connectivity index (χ1v) is 4.13. The Kier molecular flexibility index (Phi) is 2.86. The van der Waals surface area contributed by atoms with E-state index in [2.05, 4.69) is 5.32 Å². The van der Waals surface area contributed by atoms with Crippen molar-refractivity contribution in [2.24, 2.45) is 0 Å². The van der Waals surface area contributed by atoms with E-state index in [9.17, 15) is 4.39 Å². The van der Waals surface area contributed by atoms with E-state index < -0.39 is 0 Å². The number of benzene rings is 1. The summed E-state index contributed by atoms with van der Waals surface area (Å²) < 4.78 is 13.2. The molecule has 0 bridgehead atoms. The Bertz CT molecular complexity index is 353. The van der Waals surface area contributed by atoms with Crippen LogP contribution in [0.2, 0.25) is 0 Å². The first-order valence-electron chi connectivity index (χ1n) is 4.13. The van der Waals surface area contributed by atoms with Crippen molar-refractivity contribution < 1.29 is 4.39 Å². The van der Waals surface area contributed by atoms with Crippen LogP contribution < -0.4 is 5.32 Å². The molecule has 2 nitrogen and oxygen atoms in total. The Labute approximate surface area is 77.0 Å². The minimum atomic E-state index is -0.258. The van der Waals surface area contributed by atoms with Crippen molar-refractivity contribution in [1.82, 2.24) is 0 Å². The highest BCUT2D eigenvalue weighted by atomic mass is 19.1. The number of nitrogens with zero attached hydrogens (tertiary/aromatic N) is 1. The molecule has 0 saturated carbocycles. The first-order chi connectivity index (χ1) is 6.24. The largest absolute Gasteiger partial charge is 0.387 e. The molecule has 0 aliphatic heterocycles. The van der Waals surface area contributed by atoms with Crippen molar-refractivity contribution in [3.63, 3.8) is 0 Å². The zero-order valence-corrected chi connectivity index (χ0v) is 7.69. The molecule has 68 valence electrons. The molecule has 0 amide bonds. The van der Waals surface area contributed by atoms with Crippen LogP contribution in [0.15, 0.2) is 12.1 Å². The standard InChI is InChI=1S/C10H11FN2/c1-3-8-9(11)5-4-7(6-12)10(8)13-2/h4-5,13H,3H2,1-2H3. The summed E-state index contributed by atoms with van der Waals surface area (Å²) in [6.45, 7) is 1.86. The molecule has 0 saturated heterocycles. The average Bonchev–Trinajstić information content (AvgIpc) is 2.17. The van der Waals surface area contributed by atoms with E-state index in [1.54, 1.807) is 7.05 Å². The number of nitriles is 1. The maximum atomic E-state index is 13.2. The predicted molar refractivity (Wildman–Crippen MR) is 50.0 cm³/mol. The number of hydrogen-bond acceptors (Lipinski definition) is 2. The number of nitrogens with one attached hydrogen (secondary N) is 1. The Balaban J connectivity index is 3.38. The summed E-state index contributed by atoms with van der Waals surface area (Å²) in [6.07, 6.45) is 0.581. The van der Waals surface area contributed by atoms with E-state index in [0.717, 1.165) is 0 Å². The lowest BCUT2D eigenvalue weighted by Gasteiger charge is -2.09. The van der Waals surface area contributed by atoms with Crippen LogP contribution in [-0.4, -0.2) is 7.05 Å². The zero-order chi connectivity index (χ0) is 9.84. The molecule has 0 radical (unpaired) electrons. The molecule has 0 spiro atoms. The van der Waals surface area contributed by atoms with Crippen LogP contribution in [0.1, 0.15) is 18.1 Å². The fourth-order valence-electron chi connectivity index (χ4n) is 1.35. The van der Waals surface area contributed by atoms with Crippen LogP contribution in [0, 0.1) is 17.1 Å². The van der Waals surface area contributed by atoms with Crippen LogP contribution in [0.3, 0.4) is 0 Å². The van der Waals surface area contributed by atoms with Crippen molar-refractivity contribution in [3.05, 3.63) is 29.1 Å². The lowest BCUT2D eigenvalue weighted by Crippen LogP contribution is -2.00. The van der Waals surface area contributed by atoms with Gasteiger partial charge in [-0.1, -0.05) is 6.92 Å². The summed E-state index contributed by atoms with van der Waals surface area (Å²) >= 11 is 0. The van der Waals surface area contributed by atoms with Gasteiger partial charge in [0.05, 0.1) is 11.3 Å². The van der Waals surface area contributed by atoms with E-state index >= 15 is 0 Å². The van der Waals surface area contributed by atoms with Gasteiger partial charge < -0.3 is 5.32 Å². The Hall–Kier alpha value is -1.56. The topological polar surface area (TPSA) is 35.8 Å². The van der Waals surface area contributed by atoms with E-state index in [0.29, 0.717) is 23.2 Å². The average molecular weight is 178 g/mol. The minimum Gasteiger partial charge on any atom is -0.387 e. The van der Waals surface area contributed by atoms with Gasteiger partial charge in [0.1, 0.15) is 11.9 Å². The zero-order valence-electron chi connectivity index (χ0n) is 7.69. The Morgan fingerprint density at radius 1 is 1.54 bits per heavy atom. The third-order valence-electron chi connectivity index (χ3n) is 1.98. The summed E-state index contributed by atoms with van der Waals surface area (Å²) in [5.41, 5.74) is 1.66. The molecule has 3 heteroatoms. The number of anilines is 1. The maximum Gasteiger partial charge on any atom is 0.128 e. The van der Waals surface area contributed by atoms with Gasteiger partial charge in [-0.2, -0.15) is 5.26 Å². The first kappa shape index (κ1) is 9.53. The molecular formula is C10H11FN2. The van der Waals surface area contributed by atoms with Crippen LogP contribution in [0.4, 0.5) is 10.1 Å². The molecule has 1 aromatic carbocycles. The highest BCUT2D eigenvalue weighted by Gasteiger charge is 2.09. The molecule has 13 heavy (non-hydrogen) atoms. The summed E-state index contributed by atoms with van der Waals surface area (Å²) in [7, 11) is 1.69. The van der Waals surface area contributed by atoms with E-state index in [1.807, 2.05) is 13.0 Å². The van der Waals surface area contributed by atoms with Gasteiger partial charge in [0, 0.05) is 12.6 Å². The Morgan fingerprint density at radius 3 is 2.69 bits per heavy atom. The van der Waals surface area contributed by atoms with Gasteiger partial charge in [-0.3, -0.25) is 0 Å². The normalized spacial score (nSPS) is 9.38. The minimum absolute atomic E-state index is 0.258. The van der Waals surface area contributed by atoms with Gasteiger partial charge in [0.15, 0.2) is 0 Å². The van der Waals surface area contributed by atoms with Crippen molar-refractivity contribution in [2.75, 3.05) is 12.4 Å². The molecule has 1 rings (SSSR count). The van der Waals surface area contributed by atoms with Gasteiger partial charge in [-0.05, 0) is 18.6 Å². The Morgan fingerprint density at radius 2 is 2.23 bits per heavy atom. The summed E-state index contributed by atoms with van der Waals surface area (Å²) in [4.78, 5) is 0. The summed E-state index contributed by atoms with van der Waals surface area (Å²) in [6, 6.07) is 4.84. The molecule has 0 aromatic heterocycles. The highest BCUT2D eigenvalue weighted by molar-refractivity contribution is 5.62. The van der Waals surface area contributed by atoms with Gasteiger partial charge in [0.25, 0.3) is 0 Å². The van der Waals surface area contributed by atoms with Gasteiger partial charge in [-0.25, -0.2) is 4.39 Å². The molecule has 1 aromatic rings.